The fraction of sp³-hybridized carbons (Fsp3) is 0.625. The Morgan fingerprint density at radius 3 is 2.60 bits per heavy atom. The monoisotopic (exact) mass is 277 g/mol. The lowest BCUT2D eigenvalue weighted by molar-refractivity contribution is -0.189. The Hall–Kier alpha value is -1.26. The smallest absolute Gasteiger partial charge is 0.161 e. The van der Waals surface area contributed by atoms with Crippen molar-refractivity contribution in [3.05, 3.63) is 23.8 Å². The number of fused-ring (bicyclic) bond motifs is 1. The van der Waals surface area contributed by atoms with Gasteiger partial charge in [0.15, 0.2) is 11.5 Å². The minimum atomic E-state index is 0.0779. The first kappa shape index (κ1) is 13.7. The van der Waals surface area contributed by atoms with Gasteiger partial charge in [0, 0.05) is 6.04 Å². The van der Waals surface area contributed by atoms with Crippen LogP contribution in [0.25, 0.3) is 0 Å². The van der Waals surface area contributed by atoms with Gasteiger partial charge in [0.2, 0.25) is 0 Å². The van der Waals surface area contributed by atoms with E-state index in [1.165, 1.54) is 19.3 Å². The molecule has 3 atom stereocenters. The molecule has 3 rings (SSSR count). The topological polar surface area (TPSA) is 41.9 Å². The molecule has 1 N–H and O–H groups in total. The van der Waals surface area contributed by atoms with Crippen molar-refractivity contribution in [2.45, 2.75) is 44.2 Å². The largest absolute Gasteiger partial charge is 0.493 e. The number of methoxy groups -OCH3 is 2. The van der Waals surface area contributed by atoms with E-state index in [9.17, 15) is 5.21 Å². The molecular weight excluding hydrogens is 254 g/mol. The average molecular weight is 277 g/mol. The summed E-state index contributed by atoms with van der Waals surface area (Å²) in [6.07, 6.45) is 5.84. The van der Waals surface area contributed by atoms with Crippen molar-refractivity contribution in [3.8, 4) is 11.5 Å². The van der Waals surface area contributed by atoms with Crippen LogP contribution in [0, 0.1) is 5.92 Å². The van der Waals surface area contributed by atoms with Crippen molar-refractivity contribution in [1.82, 2.24) is 5.06 Å². The van der Waals surface area contributed by atoms with Gasteiger partial charge in [-0.2, -0.15) is 5.06 Å². The van der Waals surface area contributed by atoms with E-state index in [4.69, 9.17) is 9.47 Å². The molecule has 1 heterocycles. The Balaban J connectivity index is 1.85. The number of piperidine rings is 1. The Bertz CT molecular complexity index is 477. The third-order valence-electron chi connectivity index (χ3n) is 4.88. The van der Waals surface area contributed by atoms with Crippen LogP contribution >= 0.6 is 0 Å². The summed E-state index contributed by atoms with van der Waals surface area (Å²) in [6.45, 7) is 0. The lowest BCUT2D eigenvalue weighted by Crippen LogP contribution is -2.42. The molecule has 0 amide bonds. The summed E-state index contributed by atoms with van der Waals surface area (Å²) in [4.78, 5) is 0. The van der Waals surface area contributed by atoms with Crippen LogP contribution in [0.2, 0.25) is 0 Å². The molecule has 110 valence electrons. The summed E-state index contributed by atoms with van der Waals surface area (Å²) in [7, 11) is 3.28. The van der Waals surface area contributed by atoms with Crippen molar-refractivity contribution >= 4 is 0 Å². The normalized spacial score (nSPS) is 30.1. The SMILES string of the molecule is COc1ccc([C@H]2CC[C@@H]3CCC[C@H]3N2O)cc1OC. The predicted octanol–water partition coefficient (Wildman–Crippen LogP) is 3.40. The molecule has 0 aromatic heterocycles. The molecule has 0 bridgehead atoms. The summed E-state index contributed by atoms with van der Waals surface area (Å²) < 4.78 is 10.6. The number of hydrogen-bond acceptors (Lipinski definition) is 4. The second kappa shape index (κ2) is 5.62. The first-order valence-corrected chi connectivity index (χ1v) is 7.43. The van der Waals surface area contributed by atoms with E-state index in [2.05, 4.69) is 0 Å². The average Bonchev–Trinajstić information content (AvgIpc) is 2.96. The summed E-state index contributed by atoms with van der Waals surface area (Å²) in [5.41, 5.74) is 1.11. The van der Waals surface area contributed by atoms with Crippen LogP contribution in [-0.4, -0.2) is 30.5 Å². The van der Waals surface area contributed by atoms with Gasteiger partial charge in [-0.05, 0) is 49.3 Å². The highest BCUT2D eigenvalue weighted by molar-refractivity contribution is 5.43. The van der Waals surface area contributed by atoms with Crippen LogP contribution in [0.4, 0.5) is 0 Å². The van der Waals surface area contributed by atoms with Gasteiger partial charge in [0.05, 0.1) is 20.3 Å². The van der Waals surface area contributed by atoms with Gasteiger partial charge in [0.25, 0.3) is 0 Å². The lowest BCUT2D eigenvalue weighted by Gasteiger charge is -2.39. The molecule has 0 radical (unpaired) electrons. The summed E-state index contributed by atoms with van der Waals surface area (Å²) in [5.74, 6) is 2.14. The maximum Gasteiger partial charge on any atom is 0.161 e. The third kappa shape index (κ3) is 2.27. The highest BCUT2D eigenvalue weighted by atomic mass is 16.5. The van der Waals surface area contributed by atoms with Crippen molar-refractivity contribution < 1.29 is 14.7 Å². The number of hydroxylamine groups is 2. The van der Waals surface area contributed by atoms with Gasteiger partial charge in [-0.25, -0.2) is 0 Å². The number of benzene rings is 1. The van der Waals surface area contributed by atoms with Crippen molar-refractivity contribution in [2.75, 3.05) is 14.2 Å². The molecule has 1 aromatic rings. The maximum absolute atomic E-state index is 10.5. The molecule has 0 spiro atoms. The van der Waals surface area contributed by atoms with E-state index in [0.717, 1.165) is 29.9 Å². The van der Waals surface area contributed by atoms with Gasteiger partial charge in [-0.15, -0.1) is 0 Å². The van der Waals surface area contributed by atoms with E-state index in [-0.39, 0.29) is 6.04 Å². The van der Waals surface area contributed by atoms with Gasteiger partial charge in [-0.3, -0.25) is 0 Å². The molecular formula is C16H23NO3. The second-order valence-corrected chi connectivity index (χ2v) is 5.85. The Kier molecular flexibility index (Phi) is 3.85. The quantitative estimate of drug-likeness (QED) is 0.919. The first-order valence-electron chi connectivity index (χ1n) is 7.43. The fourth-order valence-electron chi connectivity index (χ4n) is 3.82. The van der Waals surface area contributed by atoms with Gasteiger partial charge >= 0.3 is 0 Å². The zero-order chi connectivity index (χ0) is 14.1. The highest BCUT2D eigenvalue weighted by Gasteiger charge is 2.40. The molecule has 4 heteroatoms. The molecule has 1 aliphatic heterocycles. The second-order valence-electron chi connectivity index (χ2n) is 5.85. The minimum Gasteiger partial charge on any atom is -0.493 e. The van der Waals surface area contributed by atoms with Crippen LogP contribution in [-0.2, 0) is 0 Å². The Morgan fingerprint density at radius 1 is 1.05 bits per heavy atom. The number of ether oxygens (including phenoxy) is 2. The summed E-state index contributed by atoms with van der Waals surface area (Å²) in [5, 5.41) is 12.1. The first-order chi connectivity index (χ1) is 9.74. The number of hydrogen-bond donors (Lipinski definition) is 1. The molecule has 20 heavy (non-hydrogen) atoms. The minimum absolute atomic E-state index is 0.0779. The maximum atomic E-state index is 10.5. The van der Waals surface area contributed by atoms with E-state index in [1.54, 1.807) is 19.3 Å². The summed E-state index contributed by atoms with van der Waals surface area (Å²) >= 11 is 0. The van der Waals surface area contributed by atoms with Crippen molar-refractivity contribution in [2.24, 2.45) is 5.92 Å². The van der Waals surface area contributed by atoms with Gasteiger partial charge < -0.3 is 14.7 Å². The molecule has 4 nitrogen and oxygen atoms in total. The summed E-state index contributed by atoms with van der Waals surface area (Å²) in [6, 6.07) is 6.35. The van der Waals surface area contributed by atoms with Crippen LogP contribution < -0.4 is 9.47 Å². The number of rotatable bonds is 3. The lowest BCUT2D eigenvalue weighted by atomic mass is 9.86. The molecule has 2 aliphatic rings. The van der Waals surface area contributed by atoms with Crippen LogP contribution in [0.15, 0.2) is 18.2 Å². The zero-order valence-corrected chi connectivity index (χ0v) is 12.2. The van der Waals surface area contributed by atoms with Crippen molar-refractivity contribution in [1.29, 1.82) is 0 Å². The third-order valence-corrected chi connectivity index (χ3v) is 4.88. The van der Waals surface area contributed by atoms with Crippen molar-refractivity contribution in [3.63, 3.8) is 0 Å². The van der Waals surface area contributed by atoms with E-state index >= 15 is 0 Å². The molecule has 0 unspecified atom stereocenters. The van der Waals surface area contributed by atoms with E-state index in [1.807, 2.05) is 18.2 Å². The Labute approximate surface area is 120 Å². The van der Waals surface area contributed by atoms with E-state index in [0.29, 0.717) is 12.0 Å². The fourth-order valence-corrected chi connectivity index (χ4v) is 3.82. The van der Waals surface area contributed by atoms with Crippen LogP contribution in [0.5, 0.6) is 11.5 Å². The number of nitrogens with zero attached hydrogens (tertiary/aromatic N) is 1. The Morgan fingerprint density at radius 2 is 1.85 bits per heavy atom. The molecule has 2 fully saturated rings. The van der Waals surface area contributed by atoms with E-state index < -0.39 is 0 Å². The zero-order valence-electron chi connectivity index (χ0n) is 12.2. The van der Waals surface area contributed by atoms with Gasteiger partial charge in [0.1, 0.15) is 0 Å². The predicted molar refractivity (Wildman–Crippen MR) is 76.3 cm³/mol. The highest BCUT2D eigenvalue weighted by Crippen LogP contribution is 2.44. The molecule has 1 saturated heterocycles. The van der Waals surface area contributed by atoms with Crippen LogP contribution in [0.3, 0.4) is 0 Å². The standard InChI is InChI=1S/C16H23NO3/c1-19-15-9-7-12(10-16(15)20-2)14-8-6-11-4-3-5-13(11)17(14)18/h7,9-11,13-14,18H,3-6,8H2,1-2H3/t11-,13+,14+/m0/s1. The van der Waals surface area contributed by atoms with Crippen LogP contribution in [0.1, 0.15) is 43.7 Å². The molecule has 1 saturated carbocycles. The van der Waals surface area contributed by atoms with Gasteiger partial charge in [-0.1, -0.05) is 12.5 Å². The molecule has 1 aromatic carbocycles. The molecule has 1 aliphatic carbocycles.